The largest absolute Gasteiger partial charge is 0.463 e. The molecule has 1 aliphatic rings. The van der Waals surface area contributed by atoms with Crippen LogP contribution in [0.3, 0.4) is 0 Å². The smallest absolute Gasteiger partial charge is 0.223 e. The Morgan fingerprint density at radius 3 is 2.56 bits per heavy atom. The fourth-order valence-electron chi connectivity index (χ4n) is 2.23. The van der Waals surface area contributed by atoms with E-state index in [1.807, 2.05) is 19.9 Å². The molecule has 0 spiro atoms. The average molecular weight is 464 g/mol. The second kappa shape index (κ2) is 10.0. The van der Waals surface area contributed by atoms with Crippen LogP contribution in [-0.4, -0.2) is 43.2 Å². The van der Waals surface area contributed by atoms with Gasteiger partial charge in [0.25, 0.3) is 0 Å². The summed E-state index contributed by atoms with van der Waals surface area (Å²) in [5, 5.41) is 19.7. The van der Waals surface area contributed by atoms with Crippen molar-refractivity contribution in [3.63, 3.8) is 0 Å². The lowest BCUT2D eigenvalue weighted by molar-refractivity contribution is -0.122. The Morgan fingerprint density at radius 1 is 1.32 bits per heavy atom. The predicted molar refractivity (Wildman–Crippen MR) is 108 cm³/mol. The van der Waals surface area contributed by atoms with Gasteiger partial charge < -0.3 is 25.5 Å². The molecule has 7 nitrogen and oxygen atoms in total. The number of guanidine groups is 1. The maximum atomic E-state index is 11.6. The summed E-state index contributed by atoms with van der Waals surface area (Å²) in [6.07, 6.45) is 2.01. The summed E-state index contributed by atoms with van der Waals surface area (Å²) >= 11 is 0. The molecule has 0 aliphatic heterocycles. The van der Waals surface area contributed by atoms with Gasteiger partial charge in [-0.1, -0.05) is 0 Å². The van der Waals surface area contributed by atoms with Crippen LogP contribution >= 0.6 is 24.0 Å². The minimum absolute atomic E-state index is 0. The third kappa shape index (κ3) is 7.23. The standard InChI is InChI=1S/C17H28N4O3.HI/c1-4-18-16(20-10-9-19-15(22)13-6-7-13)21-11-17(3,23)14-8-5-12(2)24-14;/h5,8,13,23H,4,6-7,9-11H2,1-3H3,(H,19,22)(H2,18,20,21);1H. The summed E-state index contributed by atoms with van der Waals surface area (Å²) in [5.41, 5.74) is -1.17. The van der Waals surface area contributed by atoms with Gasteiger partial charge in [0.15, 0.2) is 5.96 Å². The lowest BCUT2D eigenvalue weighted by atomic mass is 10.0. The van der Waals surface area contributed by atoms with Crippen LogP contribution in [0.15, 0.2) is 21.5 Å². The number of nitrogens with zero attached hydrogens (tertiary/aromatic N) is 1. The number of hydrogen-bond donors (Lipinski definition) is 4. The van der Waals surface area contributed by atoms with Crippen molar-refractivity contribution in [1.29, 1.82) is 0 Å². The number of furan rings is 1. The summed E-state index contributed by atoms with van der Waals surface area (Å²) in [6, 6.07) is 3.58. The van der Waals surface area contributed by atoms with Gasteiger partial charge in [0, 0.05) is 25.6 Å². The first-order valence-corrected chi connectivity index (χ1v) is 8.51. The normalized spacial score (nSPS) is 16.6. The van der Waals surface area contributed by atoms with E-state index in [1.54, 1.807) is 13.0 Å². The zero-order valence-electron chi connectivity index (χ0n) is 15.1. The third-order valence-corrected chi connectivity index (χ3v) is 3.83. The van der Waals surface area contributed by atoms with Gasteiger partial charge in [0.05, 0.1) is 6.54 Å². The quantitative estimate of drug-likeness (QED) is 0.202. The molecular formula is C17H29IN4O3. The van der Waals surface area contributed by atoms with E-state index in [0.717, 1.165) is 18.6 Å². The van der Waals surface area contributed by atoms with E-state index < -0.39 is 5.60 Å². The van der Waals surface area contributed by atoms with Crippen molar-refractivity contribution < 1.29 is 14.3 Å². The molecule has 1 fully saturated rings. The Kier molecular flexibility index (Phi) is 8.70. The van der Waals surface area contributed by atoms with E-state index in [1.165, 1.54) is 0 Å². The summed E-state index contributed by atoms with van der Waals surface area (Å²) in [4.78, 5) is 16.0. The Balaban J connectivity index is 0.00000312. The second-order valence-electron chi connectivity index (χ2n) is 6.37. The first-order valence-electron chi connectivity index (χ1n) is 8.51. The number of aliphatic imine (C=N–C) groups is 1. The molecular weight excluding hydrogens is 435 g/mol. The van der Waals surface area contributed by atoms with Crippen molar-refractivity contribution in [3.8, 4) is 0 Å². The van der Waals surface area contributed by atoms with Crippen molar-refractivity contribution in [1.82, 2.24) is 16.0 Å². The lowest BCUT2D eigenvalue weighted by Crippen LogP contribution is -2.42. The molecule has 4 N–H and O–H groups in total. The third-order valence-electron chi connectivity index (χ3n) is 3.83. The lowest BCUT2D eigenvalue weighted by Gasteiger charge is -2.19. The molecule has 0 bridgehead atoms. The molecule has 1 aromatic rings. The van der Waals surface area contributed by atoms with Gasteiger partial charge in [-0.3, -0.25) is 4.79 Å². The van der Waals surface area contributed by atoms with Crippen molar-refractivity contribution in [2.75, 3.05) is 26.2 Å². The number of carbonyl (C=O) groups excluding carboxylic acids is 1. The van der Waals surface area contributed by atoms with Crippen molar-refractivity contribution in [2.24, 2.45) is 10.9 Å². The summed E-state index contributed by atoms with van der Waals surface area (Å²) in [6.45, 7) is 7.49. The van der Waals surface area contributed by atoms with Crippen LogP contribution in [0, 0.1) is 12.8 Å². The molecule has 1 unspecified atom stereocenters. The fourth-order valence-corrected chi connectivity index (χ4v) is 2.23. The van der Waals surface area contributed by atoms with Crippen LogP contribution in [0.5, 0.6) is 0 Å². The number of amides is 1. The van der Waals surface area contributed by atoms with Crippen molar-refractivity contribution in [3.05, 3.63) is 23.7 Å². The number of aliphatic hydroxyl groups is 1. The Hall–Kier alpha value is -1.29. The molecule has 8 heteroatoms. The van der Waals surface area contributed by atoms with E-state index in [2.05, 4.69) is 20.9 Å². The number of hydrogen-bond acceptors (Lipinski definition) is 4. The van der Waals surface area contributed by atoms with Crippen LogP contribution in [0.25, 0.3) is 0 Å². The molecule has 1 atom stereocenters. The molecule has 0 radical (unpaired) electrons. The minimum atomic E-state index is -1.17. The highest BCUT2D eigenvalue weighted by Gasteiger charge is 2.29. The van der Waals surface area contributed by atoms with Crippen LogP contribution in [0.4, 0.5) is 0 Å². The predicted octanol–water partition coefficient (Wildman–Crippen LogP) is 1.49. The van der Waals surface area contributed by atoms with Crippen LogP contribution in [0.1, 0.15) is 38.2 Å². The van der Waals surface area contributed by atoms with E-state index in [-0.39, 0.29) is 42.3 Å². The van der Waals surface area contributed by atoms with E-state index in [4.69, 9.17) is 4.42 Å². The highest BCUT2D eigenvalue weighted by atomic mass is 127. The molecule has 1 saturated carbocycles. The highest BCUT2D eigenvalue weighted by molar-refractivity contribution is 14.0. The van der Waals surface area contributed by atoms with Crippen LogP contribution in [0.2, 0.25) is 0 Å². The van der Waals surface area contributed by atoms with Crippen molar-refractivity contribution >= 4 is 35.8 Å². The van der Waals surface area contributed by atoms with Gasteiger partial charge >= 0.3 is 0 Å². The maximum Gasteiger partial charge on any atom is 0.223 e. The van der Waals surface area contributed by atoms with Crippen LogP contribution in [-0.2, 0) is 10.4 Å². The minimum Gasteiger partial charge on any atom is -0.463 e. The number of aryl methyl sites for hydroxylation is 1. The van der Waals surface area contributed by atoms with Gasteiger partial charge in [-0.15, -0.1) is 24.0 Å². The molecule has 142 valence electrons. The average Bonchev–Trinajstić information content (AvgIpc) is 3.30. The zero-order chi connectivity index (χ0) is 17.6. The van der Waals surface area contributed by atoms with Gasteiger partial charge in [0.2, 0.25) is 5.91 Å². The molecule has 0 aromatic carbocycles. The summed E-state index contributed by atoms with van der Waals surface area (Å²) in [5.74, 6) is 2.21. The molecule has 1 amide bonds. The number of rotatable bonds is 8. The van der Waals surface area contributed by atoms with E-state index in [0.29, 0.717) is 31.4 Å². The second-order valence-corrected chi connectivity index (χ2v) is 6.37. The number of nitrogens with one attached hydrogen (secondary N) is 3. The highest BCUT2D eigenvalue weighted by Crippen LogP contribution is 2.28. The van der Waals surface area contributed by atoms with Gasteiger partial charge in [-0.2, -0.15) is 0 Å². The van der Waals surface area contributed by atoms with Gasteiger partial charge in [-0.25, -0.2) is 4.99 Å². The van der Waals surface area contributed by atoms with Gasteiger partial charge in [-0.05, 0) is 45.7 Å². The Labute approximate surface area is 166 Å². The number of halogens is 1. The summed E-state index contributed by atoms with van der Waals surface area (Å²) in [7, 11) is 0. The first-order chi connectivity index (χ1) is 11.4. The molecule has 1 heterocycles. The van der Waals surface area contributed by atoms with E-state index >= 15 is 0 Å². The monoisotopic (exact) mass is 464 g/mol. The maximum absolute atomic E-state index is 11.6. The Morgan fingerprint density at radius 2 is 2.00 bits per heavy atom. The molecule has 2 rings (SSSR count). The molecule has 0 saturated heterocycles. The first kappa shape index (κ1) is 21.8. The molecule has 1 aliphatic carbocycles. The zero-order valence-corrected chi connectivity index (χ0v) is 17.4. The fraction of sp³-hybridized carbons (Fsp3) is 0.647. The van der Waals surface area contributed by atoms with Gasteiger partial charge in [0.1, 0.15) is 17.1 Å². The van der Waals surface area contributed by atoms with Crippen LogP contribution < -0.4 is 16.0 Å². The number of carbonyl (C=O) groups is 1. The topological polar surface area (TPSA) is 98.9 Å². The van der Waals surface area contributed by atoms with Crippen molar-refractivity contribution in [2.45, 2.75) is 39.2 Å². The molecule has 25 heavy (non-hydrogen) atoms. The summed E-state index contributed by atoms with van der Waals surface area (Å²) < 4.78 is 5.49. The molecule has 1 aromatic heterocycles. The SMILES string of the molecule is CCNC(=NCC(C)(O)c1ccc(C)o1)NCCNC(=O)C1CC1.I. The Bertz CT molecular complexity index is 582. The van der Waals surface area contributed by atoms with E-state index in [9.17, 15) is 9.90 Å².